The lowest BCUT2D eigenvalue weighted by atomic mass is 9.93. The fourth-order valence-corrected chi connectivity index (χ4v) is 4.62. The second-order valence-electron chi connectivity index (χ2n) is 7.57. The molecule has 28 heavy (non-hydrogen) atoms. The topological polar surface area (TPSA) is 86.7 Å². The second kappa shape index (κ2) is 8.54. The minimum Gasteiger partial charge on any atom is -0.354 e. The average Bonchev–Trinajstić information content (AvgIpc) is 3.07. The van der Waals surface area contributed by atoms with Gasteiger partial charge in [-0.25, -0.2) is 13.4 Å². The van der Waals surface area contributed by atoms with Crippen molar-refractivity contribution in [2.45, 2.75) is 57.1 Å². The molecule has 1 aromatic rings. The third-order valence-electron chi connectivity index (χ3n) is 4.38. The number of halogens is 3. The van der Waals surface area contributed by atoms with E-state index < -0.39 is 15.5 Å². The molecule has 1 aliphatic rings. The van der Waals surface area contributed by atoms with Gasteiger partial charge in [0, 0.05) is 37.0 Å². The summed E-state index contributed by atoms with van der Waals surface area (Å²) in [5.41, 5.74) is -4.28. The van der Waals surface area contributed by atoms with Gasteiger partial charge in [-0.05, 0) is 12.8 Å². The zero-order valence-electron chi connectivity index (χ0n) is 16.3. The molecule has 0 aromatic carbocycles. The minimum absolute atomic E-state index is 0.0284. The summed E-state index contributed by atoms with van der Waals surface area (Å²) in [5, 5.41) is 9.19. The Labute approximate surface area is 167 Å². The Hall–Kier alpha value is -1.40. The normalized spacial score (nSPS) is 18.3. The van der Waals surface area contributed by atoms with Gasteiger partial charge in [0.15, 0.2) is 5.96 Å². The van der Waals surface area contributed by atoms with Crippen molar-refractivity contribution in [1.29, 1.82) is 0 Å². The summed E-state index contributed by atoms with van der Waals surface area (Å²) in [7, 11) is -3.66. The van der Waals surface area contributed by atoms with Gasteiger partial charge >= 0.3 is 15.5 Å². The quantitative estimate of drug-likeness (QED) is 0.554. The molecule has 0 aliphatic carbocycles. The predicted octanol–water partition coefficient (Wildman–Crippen LogP) is 2.42. The number of hydrogen-bond acceptors (Lipinski definition) is 5. The molecule has 0 spiro atoms. The Morgan fingerprint density at radius 2 is 1.93 bits per heavy atom. The third-order valence-corrected chi connectivity index (χ3v) is 6.86. The number of sulfonamides is 1. The van der Waals surface area contributed by atoms with Crippen LogP contribution in [-0.2, 0) is 22.0 Å². The Balaban J connectivity index is 1.86. The monoisotopic (exact) mass is 441 g/mol. The molecule has 0 atom stereocenters. The van der Waals surface area contributed by atoms with Crippen molar-refractivity contribution >= 4 is 27.3 Å². The van der Waals surface area contributed by atoms with Gasteiger partial charge in [-0.1, -0.05) is 20.8 Å². The van der Waals surface area contributed by atoms with Crippen molar-refractivity contribution in [3.8, 4) is 0 Å². The van der Waals surface area contributed by atoms with Crippen LogP contribution < -0.4 is 10.6 Å². The zero-order valence-corrected chi connectivity index (χ0v) is 17.9. The number of rotatable bonds is 4. The Kier molecular flexibility index (Phi) is 6.98. The molecule has 7 nitrogen and oxygen atoms in total. The van der Waals surface area contributed by atoms with Gasteiger partial charge in [-0.2, -0.15) is 17.5 Å². The molecule has 1 fully saturated rings. The lowest BCUT2D eigenvalue weighted by Crippen LogP contribution is -2.51. The van der Waals surface area contributed by atoms with Crippen molar-refractivity contribution in [3.63, 3.8) is 0 Å². The van der Waals surface area contributed by atoms with Crippen molar-refractivity contribution < 1.29 is 21.6 Å². The molecule has 0 radical (unpaired) electrons. The van der Waals surface area contributed by atoms with Crippen LogP contribution in [0.25, 0.3) is 0 Å². The highest BCUT2D eigenvalue weighted by molar-refractivity contribution is 7.90. The minimum atomic E-state index is -5.26. The van der Waals surface area contributed by atoms with Crippen LogP contribution in [0.4, 0.5) is 13.2 Å². The summed E-state index contributed by atoms with van der Waals surface area (Å²) < 4.78 is 61.3. The Morgan fingerprint density at radius 1 is 1.32 bits per heavy atom. The fourth-order valence-electron chi connectivity index (χ4n) is 2.67. The fraction of sp³-hybridized carbons (Fsp3) is 0.750. The van der Waals surface area contributed by atoms with E-state index in [2.05, 4.69) is 41.4 Å². The lowest BCUT2D eigenvalue weighted by molar-refractivity contribution is -0.0494. The van der Waals surface area contributed by atoms with Crippen LogP contribution in [0.2, 0.25) is 0 Å². The van der Waals surface area contributed by atoms with Crippen LogP contribution in [0.15, 0.2) is 10.4 Å². The average molecular weight is 442 g/mol. The molecule has 1 aliphatic heterocycles. The van der Waals surface area contributed by atoms with E-state index in [9.17, 15) is 21.6 Å². The van der Waals surface area contributed by atoms with E-state index in [4.69, 9.17) is 0 Å². The molecule has 0 bridgehead atoms. The molecule has 160 valence electrons. The zero-order chi connectivity index (χ0) is 21.2. The van der Waals surface area contributed by atoms with E-state index in [0.29, 0.717) is 16.8 Å². The number of thiazole rings is 1. The highest BCUT2D eigenvalue weighted by Gasteiger charge is 2.50. The maximum absolute atomic E-state index is 12.6. The van der Waals surface area contributed by atoms with E-state index in [1.807, 2.05) is 5.38 Å². The number of piperidine rings is 1. The Bertz CT molecular complexity index is 792. The maximum atomic E-state index is 12.6. The van der Waals surface area contributed by atoms with Crippen molar-refractivity contribution in [2.75, 3.05) is 20.1 Å². The maximum Gasteiger partial charge on any atom is 0.511 e. The van der Waals surface area contributed by atoms with Crippen LogP contribution in [0.3, 0.4) is 0 Å². The van der Waals surface area contributed by atoms with Crippen LogP contribution >= 0.6 is 11.3 Å². The molecule has 0 amide bonds. The van der Waals surface area contributed by atoms with Gasteiger partial charge in [-0.3, -0.25) is 4.99 Å². The predicted molar refractivity (Wildman–Crippen MR) is 104 cm³/mol. The van der Waals surface area contributed by atoms with E-state index in [0.717, 1.165) is 10.7 Å². The number of aromatic nitrogens is 1. The van der Waals surface area contributed by atoms with Crippen LogP contribution in [0.5, 0.6) is 0 Å². The molecule has 12 heteroatoms. The van der Waals surface area contributed by atoms with E-state index >= 15 is 0 Å². The largest absolute Gasteiger partial charge is 0.511 e. The highest BCUT2D eigenvalue weighted by atomic mass is 32.2. The number of nitrogens with zero attached hydrogens (tertiary/aromatic N) is 3. The smallest absolute Gasteiger partial charge is 0.354 e. The molecule has 2 N–H and O–H groups in total. The number of aliphatic imine (C=N–C) groups is 1. The SMILES string of the molecule is CN=C(NCc1nc(C(C)(C)C)cs1)NC1CCN(S(=O)(=O)C(F)(F)F)CC1. The van der Waals surface area contributed by atoms with E-state index in [1.54, 1.807) is 18.4 Å². The molecule has 2 rings (SSSR count). The molecule has 1 saturated heterocycles. The van der Waals surface area contributed by atoms with Crippen molar-refractivity contribution in [3.05, 3.63) is 16.1 Å². The lowest BCUT2D eigenvalue weighted by Gasteiger charge is -2.32. The number of nitrogens with one attached hydrogen (secondary N) is 2. The van der Waals surface area contributed by atoms with Gasteiger partial charge in [0.2, 0.25) is 0 Å². The summed E-state index contributed by atoms with van der Waals surface area (Å²) in [6.07, 6.45) is 0.531. The molecule has 1 aromatic heterocycles. The van der Waals surface area contributed by atoms with Gasteiger partial charge in [0.1, 0.15) is 5.01 Å². The Morgan fingerprint density at radius 3 is 2.39 bits per heavy atom. The molecule has 0 unspecified atom stereocenters. The molecular formula is C16H26F3N5O2S2. The van der Waals surface area contributed by atoms with Gasteiger partial charge < -0.3 is 10.6 Å². The van der Waals surface area contributed by atoms with Crippen molar-refractivity contribution in [1.82, 2.24) is 19.9 Å². The first-order valence-corrected chi connectivity index (χ1v) is 11.1. The number of alkyl halides is 3. The first-order valence-electron chi connectivity index (χ1n) is 8.83. The molecular weight excluding hydrogens is 415 g/mol. The van der Waals surface area contributed by atoms with E-state index in [-0.39, 0.29) is 37.4 Å². The summed E-state index contributed by atoms with van der Waals surface area (Å²) in [6.45, 7) is 6.37. The van der Waals surface area contributed by atoms with Gasteiger partial charge in [-0.15, -0.1) is 11.3 Å². The molecule has 2 heterocycles. The number of hydrogen-bond donors (Lipinski definition) is 2. The first kappa shape index (κ1) is 22.9. The van der Waals surface area contributed by atoms with Gasteiger partial charge in [0.05, 0.1) is 12.2 Å². The van der Waals surface area contributed by atoms with Crippen molar-refractivity contribution in [2.24, 2.45) is 4.99 Å². The second-order valence-corrected chi connectivity index (χ2v) is 10.4. The van der Waals surface area contributed by atoms with Crippen LogP contribution in [-0.4, -0.2) is 55.4 Å². The van der Waals surface area contributed by atoms with Crippen LogP contribution in [0.1, 0.15) is 44.3 Å². The van der Waals surface area contributed by atoms with Crippen LogP contribution in [0, 0.1) is 0 Å². The summed E-state index contributed by atoms with van der Waals surface area (Å²) in [5.74, 6) is 0.504. The highest BCUT2D eigenvalue weighted by Crippen LogP contribution is 2.29. The number of guanidine groups is 1. The standard InChI is InChI=1S/C16H26F3N5O2S2/c1-15(2,3)12-10-27-13(23-12)9-21-14(20-4)22-11-5-7-24(8-6-11)28(25,26)16(17,18)19/h10-11H,5-9H2,1-4H3,(H2,20,21,22). The van der Waals surface area contributed by atoms with Gasteiger partial charge in [0.25, 0.3) is 0 Å². The third kappa shape index (κ3) is 5.57. The summed E-state index contributed by atoms with van der Waals surface area (Å²) >= 11 is 1.54. The molecule has 0 saturated carbocycles. The summed E-state index contributed by atoms with van der Waals surface area (Å²) in [4.78, 5) is 8.71. The first-order chi connectivity index (χ1) is 12.8. The van der Waals surface area contributed by atoms with E-state index in [1.165, 1.54) is 0 Å². The summed E-state index contributed by atoms with van der Waals surface area (Å²) in [6, 6.07) is -0.160.